The van der Waals surface area contributed by atoms with Crippen molar-refractivity contribution in [1.82, 2.24) is 30.9 Å². The van der Waals surface area contributed by atoms with Gasteiger partial charge in [0.25, 0.3) is 46.4 Å². The lowest BCUT2D eigenvalue weighted by Crippen LogP contribution is -2.53. The van der Waals surface area contributed by atoms with Crippen LogP contribution >= 0.6 is 0 Å². The quantitative estimate of drug-likeness (QED) is 0.00252. The lowest BCUT2D eigenvalue weighted by molar-refractivity contribution is -0.433. The second-order valence-electron chi connectivity index (χ2n) is 37.9. The molecule has 1 aromatic heterocycles. The fourth-order valence-corrected chi connectivity index (χ4v) is 23.7. The van der Waals surface area contributed by atoms with Gasteiger partial charge in [-0.25, -0.2) is 26.4 Å². The van der Waals surface area contributed by atoms with Gasteiger partial charge in [0.15, 0.2) is 28.9 Å². The van der Waals surface area contributed by atoms with Crippen LogP contribution in [-0.2, 0) is 111 Å². The van der Waals surface area contributed by atoms with E-state index in [9.17, 15) is 80.6 Å². The van der Waals surface area contributed by atoms with Crippen LogP contribution in [0.15, 0.2) is 259 Å². The van der Waals surface area contributed by atoms with E-state index < -0.39 is 163 Å². The predicted octanol–water partition coefficient (Wildman–Crippen LogP) is 16.1. The summed E-state index contributed by atoms with van der Waals surface area (Å²) < 4.78 is 253. The summed E-state index contributed by atoms with van der Waals surface area (Å²) in [6, 6.07) is 48.7. The molecule has 0 radical (unpaired) electrons. The molecule has 0 spiro atoms. The lowest BCUT2D eigenvalue weighted by atomic mass is 9.81. The molecule has 11 aromatic rings. The summed E-state index contributed by atoms with van der Waals surface area (Å²) in [4.78, 5) is 87.9. The molecule has 0 saturated carbocycles. The van der Waals surface area contributed by atoms with E-state index in [2.05, 4.69) is 36.1 Å². The molecule has 5 aliphatic heterocycles. The highest BCUT2D eigenvalue weighted by Crippen LogP contribution is 2.51. The number of anilines is 5. The maximum absolute atomic E-state index is 16.2. The van der Waals surface area contributed by atoms with Crippen molar-refractivity contribution in [3.8, 4) is 16.9 Å². The van der Waals surface area contributed by atoms with Crippen molar-refractivity contribution in [1.29, 1.82) is 0 Å². The molecular formula is C107H110F4N10O23S5+2. The highest BCUT2D eigenvalue weighted by molar-refractivity contribution is 7.89. The summed E-state index contributed by atoms with van der Waals surface area (Å²) in [5, 5.41) is 13.7. The Bertz CT molecular complexity index is 7730. The van der Waals surface area contributed by atoms with E-state index in [1.165, 1.54) is 58.9 Å². The molecule has 0 unspecified atom stereocenters. The number of nitrogens with zero attached hydrogens (tertiary/aromatic N) is 5. The molecule has 5 aliphatic rings. The Morgan fingerprint density at radius 2 is 1.09 bits per heavy atom. The number of alkyl carbamates (subject to hydrolysis) is 1. The van der Waals surface area contributed by atoms with Gasteiger partial charge in [-0.05, 0) is 210 Å². The molecule has 42 heteroatoms. The van der Waals surface area contributed by atoms with Crippen molar-refractivity contribution in [3.05, 3.63) is 292 Å². The number of piperidine rings is 1. The average Bonchev–Trinajstić information content (AvgIpc) is 1.70. The highest BCUT2D eigenvalue weighted by atomic mass is 32.2. The van der Waals surface area contributed by atoms with Gasteiger partial charge in [0, 0.05) is 128 Å². The number of ether oxygens (including phenoxy) is 2. The number of carbonyl (C=O) groups excluding carboxylic acids is 6. The van der Waals surface area contributed by atoms with Gasteiger partial charge >= 0.3 is 17.3 Å². The van der Waals surface area contributed by atoms with E-state index in [0.717, 1.165) is 22.7 Å². The number of amides is 5. The van der Waals surface area contributed by atoms with E-state index in [0.29, 0.717) is 142 Å². The first-order valence-electron chi connectivity index (χ1n) is 48.4. The Hall–Kier alpha value is -14.0. The maximum atomic E-state index is 16.2. The first-order chi connectivity index (χ1) is 70.8. The minimum Gasteiger partial charge on any atom is -0.479 e. The lowest BCUT2D eigenvalue weighted by Gasteiger charge is -2.31. The predicted molar refractivity (Wildman–Crippen MR) is 550 cm³/mol. The van der Waals surface area contributed by atoms with Gasteiger partial charge < -0.3 is 50.8 Å². The molecule has 2 atom stereocenters. The average molecular weight is 2140 g/mol. The van der Waals surface area contributed by atoms with Gasteiger partial charge in [-0.3, -0.25) is 42.2 Å². The minimum atomic E-state index is -4.58. The molecule has 1 fully saturated rings. The van der Waals surface area contributed by atoms with Crippen molar-refractivity contribution in [2.75, 3.05) is 80.2 Å². The molecule has 9 N–H and O–H groups in total. The van der Waals surface area contributed by atoms with Crippen LogP contribution in [0.4, 0.5) is 56.5 Å². The summed E-state index contributed by atoms with van der Waals surface area (Å²) in [5.74, 6) is -16.1. The zero-order chi connectivity index (χ0) is 107. The number of benzene rings is 10. The zero-order valence-corrected chi connectivity index (χ0v) is 85.8. The number of carbonyl (C=O) groups is 6. The van der Waals surface area contributed by atoms with Crippen LogP contribution in [0.5, 0.6) is 5.75 Å². The molecule has 0 aliphatic carbocycles. The molecule has 782 valence electrons. The smallest absolute Gasteiger partial charge is 0.408 e. The summed E-state index contributed by atoms with van der Waals surface area (Å²) in [6.45, 7) is 8.84. The minimum absolute atomic E-state index is 0.00242. The van der Waals surface area contributed by atoms with Crippen LogP contribution in [0.3, 0.4) is 0 Å². The van der Waals surface area contributed by atoms with Crippen LogP contribution in [0, 0.1) is 29.2 Å². The molecule has 16 rings (SSSR count). The highest BCUT2D eigenvalue weighted by Gasteiger charge is 2.46. The Morgan fingerprint density at radius 3 is 1.68 bits per heavy atom. The third-order valence-corrected chi connectivity index (χ3v) is 33.0. The number of rotatable bonds is 40. The number of ketones is 1. The third-order valence-electron chi connectivity index (χ3n) is 27.6. The summed E-state index contributed by atoms with van der Waals surface area (Å²) in [7, 11) is -22.5. The number of nitrogens with one attached hydrogen (secondary N) is 5. The zero-order valence-electron chi connectivity index (χ0n) is 81.7. The van der Waals surface area contributed by atoms with Crippen LogP contribution in [0.1, 0.15) is 136 Å². The van der Waals surface area contributed by atoms with Crippen LogP contribution in [-0.4, -0.2) is 188 Å². The van der Waals surface area contributed by atoms with E-state index >= 15 is 26.0 Å². The third kappa shape index (κ3) is 23.7. The Kier molecular flexibility index (Phi) is 32.2. The monoisotopic (exact) mass is 2140 g/mol. The van der Waals surface area contributed by atoms with Gasteiger partial charge in [-0.15, -0.1) is 0 Å². The number of fused-ring (bicyclic) bond motifs is 6. The number of unbranched alkanes of at least 4 members (excludes halogenated alkanes) is 3. The number of allylic oxidation sites excluding steroid dienone is 6. The van der Waals surface area contributed by atoms with Gasteiger partial charge in [0.1, 0.15) is 31.4 Å². The largest absolute Gasteiger partial charge is 0.479 e. The Labute approximate surface area is 859 Å². The first-order valence-corrected chi connectivity index (χ1v) is 55.6. The van der Waals surface area contributed by atoms with Gasteiger partial charge in [-0.1, -0.05) is 117 Å². The van der Waals surface area contributed by atoms with Crippen molar-refractivity contribution >= 4 is 148 Å². The SMILES string of the molecule is CC[N+]1=C(/C=C/C=C/C=C2/N(CCCCCC(=O)NCCCC[C@H](NC(=O)[C@H](Cc3ccccc3)NC(=O)OCc3ccccc3)C(=O)COc3c(F)c(F)c(C(=O)NCCNC(=O)C4CCN(S(=O)(=O)c5ccccc5-c5c6ccc(N7CCc8cc(S(=O)(=O)O)ccc87)cc6[o+]c6cc(N7CCc8cc(S(=O)(=O)O)ccc87)ccc56)CC4)c(F)c3F)c3ccc(S(=O)(=O)O)cc3C2(C)C)C(C)(C)c2cc(S(=O)(=O)O)ccc21. The summed E-state index contributed by atoms with van der Waals surface area (Å²) in [5.41, 5.74) is 7.93. The summed E-state index contributed by atoms with van der Waals surface area (Å²) >= 11 is 0. The molecule has 6 heterocycles. The van der Waals surface area contributed by atoms with Crippen molar-refractivity contribution in [2.24, 2.45) is 5.92 Å². The second kappa shape index (κ2) is 44.5. The van der Waals surface area contributed by atoms with Crippen molar-refractivity contribution in [3.63, 3.8) is 0 Å². The van der Waals surface area contributed by atoms with Crippen molar-refractivity contribution in [2.45, 2.75) is 166 Å². The molecule has 0 bridgehead atoms. The van der Waals surface area contributed by atoms with E-state index in [4.69, 9.17) is 13.9 Å². The van der Waals surface area contributed by atoms with Gasteiger partial charge in [0.2, 0.25) is 45.1 Å². The van der Waals surface area contributed by atoms with Crippen LogP contribution in [0.2, 0.25) is 0 Å². The number of hydrogen-bond donors (Lipinski definition) is 9. The molecular weight excluding hydrogens is 2030 g/mol. The van der Waals surface area contributed by atoms with Crippen molar-refractivity contribution < 1.29 is 125 Å². The Balaban J connectivity index is 0.541. The molecule has 1 saturated heterocycles. The number of Topliss-reactive ketones (excluding diaryl/α,β-unsaturated/α-hetero) is 1. The fraction of sp³-hybridized carbons (Fsp3) is 0.308. The van der Waals surface area contributed by atoms with E-state index in [1.807, 2.05) is 86.9 Å². The second-order valence-corrected chi connectivity index (χ2v) is 45.5. The summed E-state index contributed by atoms with van der Waals surface area (Å²) in [6.07, 6.45) is 10.7. The number of hydrogen-bond acceptors (Lipinski definition) is 21. The standard InChI is InChI=1S/C107H108F4N10O23S5/c1-6-118-86-43-37-75(148(136,137)138)62-80(86)106(2,3)92(118)30-15-9-16-31-93-107(4,5)81-63-76(149(139,140)141)38-44-87(81)121(93)52-22-10-17-32-94(123)112-49-21-20-28-82(115-103(125)83(57-66-23-11-7-12-24-66)116-105(127)143-64-67-25-13-8-14-26-67)88(122)65-142-101-99(110)97(108)96(98(109)100(101)111)104(126)114-51-50-113-102(124)68-45-53-117(54-46-68)145(128,129)91-29-19-18-27-79(91)95-77-39-33-71(119-55-47-69-58-73(146(130,131)132)35-41-84(69)119)60-89(77)144-90-61-72(34-40-78(90)95)120-56-48-70-59-74(147(133,134)135)36-42-85(70)120/h7-9,11-16,18-19,23-27,29-31,33-44,58-63,68,82-83H,6,10,17,20-22,28,32,45-57,64-65H2,1-5H3,(H7-2,112,113,114,115,116,123,124,125,126,127,130,131,132,133,134,135,136,137,138,139,140,141)/p+2/t82-,83-/m0/s1. The van der Waals surface area contributed by atoms with E-state index in [1.54, 1.807) is 127 Å². The topological polar surface area (TPSA) is 460 Å². The molecule has 33 nitrogen and oxygen atoms in total. The van der Waals surface area contributed by atoms with Crippen LogP contribution in [0.25, 0.3) is 33.1 Å². The molecule has 149 heavy (non-hydrogen) atoms. The maximum Gasteiger partial charge on any atom is 0.408 e. The molecule has 5 amide bonds. The van der Waals surface area contributed by atoms with Gasteiger partial charge in [0.05, 0.1) is 70.2 Å². The first kappa shape index (κ1) is 108. The van der Waals surface area contributed by atoms with Gasteiger partial charge in [-0.2, -0.15) is 51.3 Å². The normalized spacial score (nSPS) is 15.9. The van der Waals surface area contributed by atoms with Crippen LogP contribution < -0.4 is 46.0 Å². The Morgan fingerprint density at radius 1 is 0.537 bits per heavy atom. The molecule has 10 aromatic carbocycles. The number of halogens is 4. The number of sulfonamides is 1. The van der Waals surface area contributed by atoms with E-state index in [-0.39, 0.29) is 107 Å². The fourth-order valence-electron chi connectivity index (χ4n) is 19.9.